The van der Waals surface area contributed by atoms with E-state index >= 15 is 0 Å². The number of carbonyl (C=O) groups is 1. The van der Waals surface area contributed by atoms with Crippen molar-refractivity contribution in [3.8, 4) is 6.07 Å². The standard InChI is InChI=1S/C25H31N5O3S/c1-2-28-13-15-29(16-14-28)24-10-9-22(34(32,33)30-11-4-3-5-12-30)18-23(24)27-25(31)21-8-6-7-20(17-21)19-26/h6-10,17-18H,2-5,11-16H2,1H3,(H,27,31). The van der Waals surface area contributed by atoms with Gasteiger partial charge in [0, 0.05) is 44.8 Å². The van der Waals surface area contributed by atoms with E-state index in [1.165, 1.54) is 10.4 Å². The summed E-state index contributed by atoms with van der Waals surface area (Å²) >= 11 is 0. The largest absolute Gasteiger partial charge is 0.367 e. The molecule has 2 aliphatic rings. The van der Waals surface area contributed by atoms with Crippen LogP contribution in [0.15, 0.2) is 47.4 Å². The lowest BCUT2D eigenvalue weighted by Gasteiger charge is -2.36. The number of amides is 1. The van der Waals surface area contributed by atoms with Gasteiger partial charge in [-0.25, -0.2) is 8.42 Å². The average molecular weight is 482 g/mol. The zero-order valence-electron chi connectivity index (χ0n) is 19.5. The summed E-state index contributed by atoms with van der Waals surface area (Å²) in [6, 6.07) is 13.6. The molecule has 0 radical (unpaired) electrons. The third-order valence-electron chi connectivity index (χ3n) is 6.58. The molecule has 0 aliphatic carbocycles. The van der Waals surface area contributed by atoms with Crippen molar-refractivity contribution in [1.82, 2.24) is 9.21 Å². The van der Waals surface area contributed by atoms with Gasteiger partial charge in [-0.2, -0.15) is 9.57 Å². The van der Waals surface area contributed by atoms with E-state index in [-0.39, 0.29) is 10.8 Å². The number of piperazine rings is 1. The summed E-state index contributed by atoms with van der Waals surface area (Å²) in [5.74, 6) is -0.377. The molecule has 2 aromatic rings. The maximum atomic E-state index is 13.3. The van der Waals surface area contributed by atoms with Gasteiger partial charge in [0.15, 0.2) is 0 Å². The Kier molecular flexibility index (Phi) is 7.51. The van der Waals surface area contributed by atoms with Crippen LogP contribution in [-0.4, -0.2) is 69.3 Å². The van der Waals surface area contributed by atoms with E-state index in [2.05, 4.69) is 22.0 Å². The smallest absolute Gasteiger partial charge is 0.255 e. The fourth-order valence-electron chi connectivity index (χ4n) is 4.54. The highest BCUT2D eigenvalue weighted by molar-refractivity contribution is 7.89. The third-order valence-corrected chi connectivity index (χ3v) is 8.48. The second kappa shape index (κ2) is 10.6. The number of hydrogen-bond acceptors (Lipinski definition) is 6. The van der Waals surface area contributed by atoms with E-state index in [9.17, 15) is 18.5 Å². The maximum Gasteiger partial charge on any atom is 0.255 e. The van der Waals surface area contributed by atoms with Crippen LogP contribution in [0.3, 0.4) is 0 Å². The van der Waals surface area contributed by atoms with Crippen molar-refractivity contribution in [3.63, 3.8) is 0 Å². The number of anilines is 2. The van der Waals surface area contributed by atoms with Gasteiger partial charge in [0.2, 0.25) is 10.0 Å². The number of nitrogens with one attached hydrogen (secondary N) is 1. The summed E-state index contributed by atoms with van der Waals surface area (Å²) in [6.07, 6.45) is 2.76. The molecule has 1 amide bonds. The van der Waals surface area contributed by atoms with Crippen molar-refractivity contribution in [3.05, 3.63) is 53.6 Å². The molecule has 0 aromatic heterocycles. The molecule has 2 heterocycles. The Balaban J connectivity index is 1.67. The topological polar surface area (TPSA) is 96.8 Å². The van der Waals surface area contributed by atoms with Gasteiger partial charge in [-0.05, 0) is 55.8 Å². The highest BCUT2D eigenvalue weighted by atomic mass is 32.2. The van der Waals surface area contributed by atoms with Gasteiger partial charge >= 0.3 is 0 Å². The molecule has 34 heavy (non-hydrogen) atoms. The molecule has 2 aliphatic heterocycles. The van der Waals surface area contributed by atoms with Crippen LogP contribution in [0.5, 0.6) is 0 Å². The number of hydrogen-bond donors (Lipinski definition) is 1. The molecule has 4 rings (SSSR count). The molecule has 0 atom stereocenters. The SMILES string of the molecule is CCN1CCN(c2ccc(S(=O)(=O)N3CCCCC3)cc2NC(=O)c2cccc(C#N)c2)CC1. The molecule has 180 valence electrons. The number of nitrogens with zero attached hydrogens (tertiary/aromatic N) is 4. The van der Waals surface area contributed by atoms with E-state index in [0.29, 0.717) is 29.9 Å². The first-order valence-corrected chi connectivity index (χ1v) is 13.3. The van der Waals surface area contributed by atoms with Crippen molar-refractivity contribution in [1.29, 1.82) is 5.26 Å². The van der Waals surface area contributed by atoms with E-state index in [1.807, 2.05) is 6.07 Å². The molecule has 2 saturated heterocycles. The van der Waals surface area contributed by atoms with Gasteiger partial charge in [0.05, 0.1) is 27.9 Å². The van der Waals surface area contributed by atoms with Crippen LogP contribution in [-0.2, 0) is 10.0 Å². The Labute approximate surface area is 201 Å². The number of carbonyl (C=O) groups excluding carboxylic acids is 1. The molecule has 0 saturated carbocycles. The Morgan fingerprint density at radius 3 is 2.41 bits per heavy atom. The number of likely N-dealkylation sites (N-methyl/N-ethyl adjacent to an activating group) is 1. The molecule has 2 aromatic carbocycles. The summed E-state index contributed by atoms with van der Waals surface area (Å²) in [5.41, 5.74) is 2.02. The zero-order valence-corrected chi connectivity index (χ0v) is 20.4. The first-order valence-electron chi connectivity index (χ1n) is 11.9. The van der Waals surface area contributed by atoms with Crippen molar-refractivity contribution < 1.29 is 13.2 Å². The number of nitriles is 1. The van der Waals surface area contributed by atoms with E-state index in [1.54, 1.807) is 36.4 Å². The van der Waals surface area contributed by atoms with Gasteiger partial charge in [0.25, 0.3) is 5.91 Å². The monoisotopic (exact) mass is 481 g/mol. The normalized spacial score (nSPS) is 17.8. The number of rotatable bonds is 6. The van der Waals surface area contributed by atoms with Crippen molar-refractivity contribution in [2.24, 2.45) is 0 Å². The fraction of sp³-hybridized carbons (Fsp3) is 0.440. The van der Waals surface area contributed by atoms with Crippen LogP contribution in [0.4, 0.5) is 11.4 Å². The van der Waals surface area contributed by atoms with Crippen LogP contribution in [0.1, 0.15) is 42.1 Å². The zero-order chi connectivity index (χ0) is 24.1. The quantitative estimate of drug-likeness (QED) is 0.681. The predicted molar refractivity (Wildman–Crippen MR) is 132 cm³/mol. The van der Waals surface area contributed by atoms with E-state index in [4.69, 9.17) is 0 Å². The lowest BCUT2D eigenvalue weighted by atomic mass is 10.1. The van der Waals surface area contributed by atoms with Gasteiger partial charge in [-0.1, -0.05) is 19.4 Å². The van der Waals surface area contributed by atoms with E-state index < -0.39 is 10.0 Å². The van der Waals surface area contributed by atoms with Gasteiger partial charge < -0.3 is 15.1 Å². The minimum atomic E-state index is -3.64. The Morgan fingerprint density at radius 2 is 1.74 bits per heavy atom. The maximum absolute atomic E-state index is 13.3. The molecule has 0 spiro atoms. The number of piperidine rings is 1. The molecule has 8 nitrogen and oxygen atoms in total. The number of benzene rings is 2. The van der Waals surface area contributed by atoms with Crippen LogP contribution < -0.4 is 10.2 Å². The van der Waals surface area contributed by atoms with Crippen LogP contribution >= 0.6 is 0 Å². The van der Waals surface area contributed by atoms with Crippen LogP contribution in [0.25, 0.3) is 0 Å². The second-order valence-electron chi connectivity index (χ2n) is 8.71. The third kappa shape index (κ3) is 5.25. The van der Waals surface area contributed by atoms with Crippen LogP contribution in [0, 0.1) is 11.3 Å². The Hall–Kier alpha value is -2.93. The lowest BCUT2D eigenvalue weighted by Crippen LogP contribution is -2.46. The molecular weight excluding hydrogens is 450 g/mol. The number of sulfonamides is 1. The highest BCUT2D eigenvalue weighted by Crippen LogP contribution is 2.32. The lowest BCUT2D eigenvalue weighted by molar-refractivity contribution is 0.102. The summed E-state index contributed by atoms with van der Waals surface area (Å²) in [7, 11) is -3.64. The summed E-state index contributed by atoms with van der Waals surface area (Å²) in [6.45, 7) is 7.55. The average Bonchev–Trinajstić information content (AvgIpc) is 2.89. The van der Waals surface area contributed by atoms with E-state index in [0.717, 1.165) is 57.7 Å². The Morgan fingerprint density at radius 1 is 1.00 bits per heavy atom. The first kappa shape index (κ1) is 24.2. The molecule has 0 unspecified atom stereocenters. The fourth-order valence-corrected chi connectivity index (χ4v) is 6.08. The molecule has 2 fully saturated rings. The summed E-state index contributed by atoms with van der Waals surface area (Å²) in [4.78, 5) is 17.8. The minimum Gasteiger partial charge on any atom is -0.367 e. The van der Waals surface area contributed by atoms with Crippen LogP contribution in [0.2, 0.25) is 0 Å². The molecule has 9 heteroatoms. The summed E-state index contributed by atoms with van der Waals surface area (Å²) in [5, 5.41) is 12.1. The van der Waals surface area contributed by atoms with Gasteiger partial charge in [0.1, 0.15) is 0 Å². The first-order chi connectivity index (χ1) is 16.4. The second-order valence-corrected chi connectivity index (χ2v) is 10.6. The minimum absolute atomic E-state index is 0.186. The van der Waals surface area contributed by atoms with Crippen molar-refractivity contribution in [2.45, 2.75) is 31.1 Å². The molecule has 1 N–H and O–H groups in total. The van der Waals surface area contributed by atoms with Crippen molar-refractivity contribution in [2.75, 3.05) is 56.0 Å². The summed E-state index contributed by atoms with van der Waals surface area (Å²) < 4.78 is 28.1. The highest BCUT2D eigenvalue weighted by Gasteiger charge is 2.28. The predicted octanol–water partition coefficient (Wildman–Crippen LogP) is 3.13. The molecule has 0 bridgehead atoms. The van der Waals surface area contributed by atoms with Gasteiger partial charge in [-0.3, -0.25) is 4.79 Å². The Bertz CT molecular complexity index is 1180. The van der Waals surface area contributed by atoms with Gasteiger partial charge in [-0.15, -0.1) is 0 Å². The molecular formula is C25H31N5O3S. The van der Waals surface area contributed by atoms with Crippen molar-refractivity contribution >= 4 is 27.3 Å².